The Kier molecular flexibility index (Phi) is 1.66. The predicted molar refractivity (Wildman–Crippen MR) is 32.9 cm³/mol. The van der Waals surface area contributed by atoms with E-state index in [2.05, 4.69) is 0 Å². The Balaban J connectivity index is 2.76. The van der Waals surface area contributed by atoms with E-state index in [0.29, 0.717) is 0 Å². The van der Waals surface area contributed by atoms with E-state index < -0.39 is 18.9 Å². The minimum absolute atomic E-state index is 0.622. The molecule has 1 aliphatic carbocycles. The SMILES string of the molecule is O=[As](O)(O)C1C=CC=C1. The summed E-state index contributed by atoms with van der Waals surface area (Å²) < 4.78 is 27.0. The summed E-state index contributed by atoms with van der Waals surface area (Å²) in [5.74, 6) is 0. The van der Waals surface area contributed by atoms with Gasteiger partial charge in [0.2, 0.25) is 0 Å². The summed E-state index contributed by atoms with van der Waals surface area (Å²) in [5, 5.41) is 0. The first kappa shape index (κ1) is 6.87. The van der Waals surface area contributed by atoms with Crippen LogP contribution in [0.15, 0.2) is 24.3 Å². The van der Waals surface area contributed by atoms with Gasteiger partial charge in [-0.2, -0.15) is 0 Å². The second-order valence-electron chi connectivity index (χ2n) is 1.85. The molecule has 0 bridgehead atoms. The molecule has 0 saturated heterocycles. The standard InChI is InChI=1S/C5H7AsO3/c7-6(8,9)5-3-1-2-4-5/h1-5H,(H2,7,8,9). The Morgan fingerprint density at radius 2 is 1.67 bits per heavy atom. The first-order valence-electron chi connectivity index (χ1n) is 2.51. The first-order valence-corrected chi connectivity index (χ1v) is 6.04. The maximum absolute atomic E-state index is 10.5. The van der Waals surface area contributed by atoms with Crippen molar-refractivity contribution < 1.29 is 11.9 Å². The van der Waals surface area contributed by atoms with E-state index >= 15 is 0 Å². The van der Waals surface area contributed by atoms with E-state index in [1.54, 1.807) is 12.2 Å². The fourth-order valence-electron chi connectivity index (χ4n) is 0.644. The second kappa shape index (κ2) is 2.18. The van der Waals surface area contributed by atoms with Gasteiger partial charge >= 0.3 is 55.1 Å². The van der Waals surface area contributed by atoms with Crippen molar-refractivity contribution in [2.75, 3.05) is 0 Å². The molecule has 0 radical (unpaired) electrons. The van der Waals surface area contributed by atoms with Crippen molar-refractivity contribution in [3.8, 4) is 0 Å². The van der Waals surface area contributed by atoms with Gasteiger partial charge in [-0.1, -0.05) is 0 Å². The summed E-state index contributed by atoms with van der Waals surface area (Å²) in [4.78, 5) is 0. The molecular weight excluding hydrogens is 183 g/mol. The minimum atomic E-state index is -4.46. The van der Waals surface area contributed by atoms with Crippen LogP contribution < -0.4 is 0 Å². The number of hydrogen-bond acceptors (Lipinski definition) is 1. The second-order valence-corrected chi connectivity index (χ2v) is 5.57. The third-order valence-corrected chi connectivity index (χ3v) is 3.47. The van der Waals surface area contributed by atoms with Crippen molar-refractivity contribution in [3.63, 3.8) is 0 Å². The van der Waals surface area contributed by atoms with Gasteiger partial charge in [0.25, 0.3) is 0 Å². The molecule has 4 heteroatoms. The Morgan fingerprint density at radius 1 is 1.22 bits per heavy atom. The Morgan fingerprint density at radius 3 is 1.89 bits per heavy atom. The van der Waals surface area contributed by atoms with Crippen LogP contribution in [-0.4, -0.2) is 22.4 Å². The molecule has 1 aliphatic rings. The summed E-state index contributed by atoms with van der Waals surface area (Å²) in [6, 6.07) is 0. The van der Waals surface area contributed by atoms with Crippen LogP contribution in [0.3, 0.4) is 0 Å². The third-order valence-electron chi connectivity index (χ3n) is 1.12. The van der Waals surface area contributed by atoms with Crippen LogP contribution in [0.25, 0.3) is 0 Å². The van der Waals surface area contributed by atoms with Gasteiger partial charge in [-0.25, -0.2) is 0 Å². The summed E-state index contributed by atoms with van der Waals surface area (Å²) >= 11 is -4.46. The van der Waals surface area contributed by atoms with Gasteiger partial charge in [-0.05, 0) is 0 Å². The summed E-state index contributed by atoms with van der Waals surface area (Å²) in [6.45, 7) is 0. The number of rotatable bonds is 1. The summed E-state index contributed by atoms with van der Waals surface area (Å²) in [7, 11) is 0. The quantitative estimate of drug-likeness (QED) is 0.564. The summed E-state index contributed by atoms with van der Waals surface area (Å²) in [6.07, 6.45) is 6.32. The number of allylic oxidation sites excluding steroid dienone is 4. The van der Waals surface area contributed by atoms with Gasteiger partial charge in [0.1, 0.15) is 0 Å². The average Bonchev–Trinajstić information content (AvgIpc) is 2.08. The van der Waals surface area contributed by atoms with Crippen molar-refractivity contribution in [3.05, 3.63) is 24.3 Å². The molecule has 9 heavy (non-hydrogen) atoms. The van der Waals surface area contributed by atoms with Gasteiger partial charge in [0, 0.05) is 0 Å². The molecule has 0 aromatic rings. The zero-order valence-electron chi connectivity index (χ0n) is 4.64. The molecule has 0 saturated carbocycles. The van der Waals surface area contributed by atoms with E-state index in [4.69, 9.17) is 8.19 Å². The van der Waals surface area contributed by atoms with Crippen molar-refractivity contribution in [2.24, 2.45) is 0 Å². The fraction of sp³-hybridized carbons (Fsp3) is 0.200. The van der Waals surface area contributed by atoms with Crippen molar-refractivity contribution in [2.45, 2.75) is 4.71 Å². The van der Waals surface area contributed by atoms with Gasteiger partial charge in [0.15, 0.2) is 0 Å². The van der Waals surface area contributed by atoms with Crippen LogP contribution in [0.1, 0.15) is 0 Å². The molecule has 0 unspecified atom stereocenters. The van der Waals surface area contributed by atoms with E-state index in [1.807, 2.05) is 0 Å². The molecule has 2 N–H and O–H groups in total. The van der Waals surface area contributed by atoms with Gasteiger partial charge in [0.05, 0.1) is 0 Å². The zero-order valence-corrected chi connectivity index (χ0v) is 6.51. The van der Waals surface area contributed by atoms with Gasteiger partial charge in [-0.3, -0.25) is 0 Å². The molecule has 0 atom stereocenters. The van der Waals surface area contributed by atoms with E-state index in [9.17, 15) is 3.74 Å². The molecule has 3 nitrogen and oxygen atoms in total. The number of hydrogen-bond donors (Lipinski definition) is 2. The van der Waals surface area contributed by atoms with Crippen LogP contribution in [-0.2, 0) is 3.74 Å². The van der Waals surface area contributed by atoms with Crippen molar-refractivity contribution >= 4 is 14.2 Å². The Labute approximate surface area is 55.7 Å². The van der Waals surface area contributed by atoms with Crippen molar-refractivity contribution in [1.29, 1.82) is 0 Å². The van der Waals surface area contributed by atoms with E-state index in [-0.39, 0.29) is 0 Å². The van der Waals surface area contributed by atoms with Gasteiger partial charge in [-0.15, -0.1) is 0 Å². The van der Waals surface area contributed by atoms with Crippen LogP contribution in [0.5, 0.6) is 0 Å². The van der Waals surface area contributed by atoms with Gasteiger partial charge < -0.3 is 0 Å². The van der Waals surface area contributed by atoms with Crippen LogP contribution in [0.2, 0.25) is 4.71 Å². The molecule has 0 aliphatic heterocycles. The summed E-state index contributed by atoms with van der Waals surface area (Å²) in [5.41, 5.74) is 0. The fourth-order valence-corrected chi connectivity index (χ4v) is 2.00. The van der Waals surface area contributed by atoms with E-state index in [1.165, 1.54) is 12.2 Å². The topological polar surface area (TPSA) is 57.5 Å². The zero-order chi connectivity index (χ0) is 6.91. The first-order chi connectivity index (χ1) is 4.11. The molecule has 0 fully saturated rings. The molecule has 0 spiro atoms. The van der Waals surface area contributed by atoms with Crippen LogP contribution in [0.4, 0.5) is 0 Å². The average molecular weight is 190 g/mol. The third kappa shape index (κ3) is 1.58. The Bertz CT molecular complexity index is 188. The molecular formula is C5H7AsO3. The van der Waals surface area contributed by atoms with Crippen LogP contribution >= 0.6 is 0 Å². The molecule has 50 valence electrons. The van der Waals surface area contributed by atoms with E-state index in [0.717, 1.165) is 0 Å². The predicted octanol–water partition coefficient (Wildman–Crippen LogP) is -0.163. The Hall–Kier alpha value is -0.242. The monoisotopic (exact) mass is 190 g/mol. The van der Waals surface area contributed by atoms with Crippen LogP contribution in [0, 0.1) is 0 Å². The normalized spacial score (nSPS) is 19.3. The molecule has 0 amide bonds. The molecule has 1 rings (SSSR count). The molecule has 0 heterocycles. The maximum atomic E-state index is 10.5. The molecule has 0 aromatic carbocycles. The van der Waals surface area contributed by atoms with Crippen molar-refractivity contribution in [1.82, 2.24) is 0 Å². The molecule has 0 aromatic heterocycles.